The third kappa shape index (κ3) is 1.78. The van der Waals surface area contributed by atoms with Gasteiger partial charge in [0, 0.05) is 32.7 Å². The smallest absolute Gasteiger partial charge is 0.206 e. The molecule has 1 N–H and O–H groups in total. The number of benzene rings is 1. The average Bonchev–Trinajstić information content (AvgIpc) is 2.68. The number of imidazole rings is 1. The highest BCUT2D eigenvalue weighted by atomic mass is 15.3. The minimum Gasteiger partial charge on any atom is -0.339 e. The van der Waals surface area contributed by atoms with Crippen molar-refractivity contribution in [2.75, 3.05) is 24.5 Å². The Morgan fingerprint density at radius 3 is 2.94 bits per heavy atom. The number of rotatable bonds is 1. The number of hydrogen-bond acceptors (Lipinski definition) is 3. The molecule has 0 spiro atoms. The Labute approximate surface area is 101 Å². The van der Waals surface area contributed by atoms with Gasteiger partial charge in [-0.25, -0.2) is 4.98 Å². The number of nitrogens with one attached hydrogen (secondary N) is 1. The van der Waals surface area contributed by atoms with Gasteiger partial charge in [-0.15, -0.1) is 0 Å². The van der Waals surface area contributed by atoms with Crippen LogP contribution in [0.15, 0.2) is 24.3 Å². The molecule has 17 heavy (non-hydrogen) atoms. The lowest BCUT2D eigenvalue weighted by Gasteiger charge is -2.32. The van der Waals surface area contributed by atoms with Gasteiger partial charge in [0.05, 0.1) is 11.0 Å². The van der Waals surface area contributed by atoms with Gasteiger partial charge in [0.15, 0.2) is 0 Å². The molecule has 1 aromatic heterocycles. The molecule has 2 heterocycles. The van der Waals surface area contributed by atoms with Gasteiger partial charge >= 0.3 is 0 Å². The lowest BCUT2D eigenvalue weighted by molar-refractivity contribution is 0.477. The molecule has 0 saturated carbocycles. The molecule has 0 radical (unpaired) electrons. The fourth-order valence-electron chi connectivity index (χ4n) is 2.53. The Bertz CT molecular complexity index is 531. The molecule has 1 aliphatic rings. The number of piperazine rings is 1. The molecule has 1 atom stereocenters. The van der Waals surface area contributed by atoms with Crippen LogP contribution in [-0.4, -0.2) is 35.2 Å². The normalized spacial score (nSPS) is 21.1. The van der Waals surface area contributed by atoms with E-state index < -0.39 is 0 Å². The van der Waals surface area contributed by atoms with Crippen LogP contribution < -0.4 is 10.2 Å². The molecule has 1 aromatic carbocycles. The van der Waals surface area contributed by atoms with Gasteiger partial charge in [-0.2, -0.15) is 0 Å². The minimum absolute atomic E-state index is 0.531. The van der Waals surface area contributed by atoms with Crippen molar-refractivity contribution in [2.24, 2.45) is 7.05 Å². The summed E-state index contributed by atoms with van der Waals surface area (Å²) < 4.78 is 2.19. The first kappa shape index (κ1) is 10.6. The molecular formula is C13H18N4. The van der Waals surface area contributed by atoms with Crippen molar-refractivity contribution in [3.05, 3.63) is 24.3 Å². The van der Waals surface area contributed by atoms with Crippen LogP contribution in [0.1, 0.15) is 6.92 Å². The molecule has 0 amide bonds. The molecule has 1 aliphatic heterocycles. The van der Waals surface area contributed by atoms with Crippen molar-refractivity contribution in [1.82, 2.24) is 14.9 Å². The highest BCUT2D eigenvalue weighted by Crippen LogP contribution is 2.21. The van der Waals surface area contributed by atoms with E-state index in [1.807, 2.05) is 6.07 Å². The number of aryl methyl sites for hydroxylation is 1. The van der Waals surface area contributed by atoms with Crippen molar-refractivity contribution in [2.45, 2.75) is 13.0 Å². The molecule has 1 unspecified atom stereocenters. The van der Waals surface area contributed by atoms with E-state index in [2.05, 4.69) is 47.0 Å². The highest BCUT2D eigenvalue weighted by Gasteiger charge is 2.20. The summed E-state index contributed by atoms with van der Waals surface area (Å²) in [7, 11) is 2.09. The second-order valence-electron chi connectivity index (χ2n) is 4.76. The molecular weight excluding hydrogens is 212 g/mol. The first-order chi connectivity index (χ1) is 8.25. The van der Waals surface area contributed by atoms with Gasteiger partial charge in [-0.3, -0.25) is 0 Å². The predicted molar refractivity (Wildman–Crippen MR) is 70.4 cm³/mol. The van der Waals surface area contributed by atoms with Crippen LogP contribution in [0.25, 0.3) is 11.0 Å². The second-order valence-corrected chi connectivity index (χ2v) is 4.76. The minimum atomic E-state index is 0.531. The van der Waals surface area contributed by atoms with Crippen LogP contribution in [0.4, 0.5) is 5.95 Å². The van der Waals surface area contributed by atoms with E-state index in [1.165, 1.54) is 5.52 Å². The lowest BCUT2D eigenvalue weighted by atomic mass is 10.2. The summed E-state index contributed by atoms with van der Waals surface area (Å²) in [6.07, 6.45) is 0. The number of fused-ring (bicyclic) bond motifs is 1. The van der Waals surface area contributed by atoms with Gasteiger partial charge in [0.25, 0.3) is 0 Å². The fraction of sp³-hybridized carbons (Fsp3) is 0.462. The maximum Gasteiger partial charge on any atom is 0.206 e. The maximum absolute atomic E-state index is 4.73. The first-order valence-electron chi connectivity index (χ1n) is 6.15. The summed E-state index contributed by atoms with van der Waals surface area (Å²) in [6, 6.07) is 8.83. The summed E-state index contributed by atoms with van der Waals surface area (Å²) >= 11 is 0. The summed E-state index contributed by atoms with van der Waals surface area (Å²) in [5.74, 6) is 1.08. The van der Waals surface area contributed by atoms with Gasteiger partial charge in [0.1, 0.15) is 0 Å². The number of para-hydroxylation sites is 2. The van der Waals surface area contributed by atoms with Crippen LogP contribution >= 0.6 is 0 Å². The van der Waals surface area contributed by atoms with Crippen molar-refractivity contribution < 1.29 is 0 Å². The molecule has 1 fully saturated rings. The standard InChI is InChI=1S/C13H18N4/c1-10-9-17(8-7-14-10)13-15-11-5-3-4-6-12(11)16(13)2/h3-6,10,14H,7-9H2,1-2H3. The zero-order valence-electron chi connectivity index (χ0n) is 10.3. The number of hydrogen-bond donors (Lipinski definition) is 1. The molecule has 1 saturated heterocycles. The first-order valence-corrected chi connectivity index (χ1v) is 6.15. The topological polar surface area (TPSA) is 33.1 Å². The van der Waals surface area contributed by atoms with Crippen molar-refractivity contribution in [3.8, 4) is 0 Å². The van der Waals surface area contributed by atoms with Gasteiger partial charge in [0.2, 0.25) is 5.95 Å². The summed E-state index contributed by atoms with van der Waals surface area (Å²) in [5, 5.41) is 3.46. The zero-order chi connectivity index (χ0) is 11.8. The quantitative estimate of drug-likeness (QED) is 0.803. The number of aromatic nitrogens is 2. The second kappa shape index (κ2) is 4.04. The molecule has 0 bridgehead atoms. The summed E-state index contributed by atoms with van der Waals surface area (Å²) in [5.41, 5.74) is 2.28. The Balaban J connectivity index is 2.02. The van der Waals surface area contributed by atoms with Crippen molar-refractivity contribution in [3.63, 3.8) is 0 Å². The maximum atomic E-state index is 4.73. The molecule has 3 rings (SSSR count). The van der Waals surface area contributed by atoms with E-state index >= 15 is 0 Å². The summed E-state index contributed by atoms with van der Waals surface area (Å²) in [4.78, 5) is 7.09. The van der Waals surface area contributed by atoms with Gasteiger partial charge in [-0.1, -0.05) is 12.1 Å². The number of anilines is 1. The SMILES string of the molecule is CC1CN(c2nc3ccccc3n2C)CCN1. The largest absolute Gasteiger partial charge is 0.339 e. The van der Waals surface area contributed by atoms with E-state index in [-0.39, 0.29) is 0 Å². The van der Waals surface area contributed by atoms with E-state index in [0.29, 0.717) is 6.04 Å². The fourth-order valence-corrected chi connectivity index (χ4v) is 2.53. The Morgan fingerprint density at radius 2 is 2.18 bits per heavy atom. The Morgan fingerprint density at radius 1 is 1.35 bits per heavy atom. The van der Waals surface area contributed by atoms with Crippen LogP contribution in [0, 0.1) is 0 Å². The third-order valence-corrected chi connectivity index (χ3v) is 3.42. The molecule has 0 aliphatic carbocycles. The molecule has 4 nitrogen and oxygen atoms in total. The Kier molecular flexibility index (Phi) is 2.52. The van der Waals surface area contributed by atoms with Crippen LogP contribution in [0.2, 0.25) is 0 Å². The molecule has 90 valence electrons. The molecule has 2 aromatic rings. The monoisotopic (exact) mass is 230 g/mol. The van der Waals surface area contributed by atoms with Crippen LogP contribution in [-0.2, 0) is 7.05 Å². The number of nitrogens with zero attached hydrogens (tertiary/aromatic N) is 3. The zero-order valence-corrected chi connectivity index (χ0v) is 10.3. The Hall–Kier alpha value is -1.55. The van der Waals surface area contributed by atoms with E-state index in [0.717, 1.165) is 31.1 Å². The lowest BCUT2D eigenvalue weighted by Crippen LogP contribution is -2.50. The van der Waals surface area contributed by atoms with E-state index in [1.54, 1.807) is 0 Å². The van der Waals surface area contributed by atoms with Gasteiger partial charge in [-0.05, 0) is 19.1 Å². The average molecular weight is 230 g/mol. The van der Waals surface area contributed by atoms with Crippen molar-refractivity contribution in [1.29, 1.82) is 0 Å². The van der Waals surface area contributed by atoms with Crippen molar-refractivity contribution >= 4 is 17.0 Å². The van der Waals surface area contributed by atoms with Crippen LogP contribution in [0.5, 0.6) is 0 Å². The van der Waals surface area contributed by atoms with Crippen LogP contribution in [0.3, 0.4) is 0 Å². The predicted octanol–water partition coefficient (Wildman–Crippen LogP) is 1.37. The summed E-state index contributed by atoms with van der Waals surface area (Å²) in [6.45, 7) is 5.30. The van der Waals surface area contributed by atoms with Gasteiger partial charge < -0.3 is 14.8 Å². The molecule has 4 heteroatoms. The highest BCUT2D eigenvalue weighted by molar-refractivity contribution is 5.78. The third-order valence-electron chi connectivity index (χ3n) is 3.42. The van der Waals surface area contributed by atoms with E-state index in [9.17, 15) is 0 Å². The van der Waals surface area contributed by atoms with E-state index in [4.69, 9.17) is 4.98 Å².